The van der Waals surface area contributed by atoms with Gasteiger partial charge in [-0.05, 0) is 24.6 Å². The Morgan fingerprint density at radius 1 is 1.05 bits per heavy atom. The normalized spacial score (nSPS) is 16.0. The summed E-state index contributed by atoms with van der Waals surface area (Å²) in [7, 11) is 0. The molecule has 1 aliphatic heterocycles. The van der Waals surface area contributed by atoms with Crippen molar-refractivity contribution in [1.29, 1.82) is 0 Å². The molecule has 2 aromatic carbocycles. The van der Waals surface area contributed by atoms with E-state index in [1.807, 2.05) is 18.2 Å². The van der Waals surface area contributed by atoms with E-state index in [4.69, 9.17) is 0 Å². The predicted octanol–water partition coefficient (Wildman–Crippen LogP) is 2.95. The van der Waals surface area contributed by atoms with Crippen LogP contribution in [0.15, 0.2) is 48.5 Å². The van der Waals surface area contributed by atoms with E-state index in [2.05, 4.69) is 5.32 Å². The zero-order valence-corrected chi connectivity index (χ0v) is 12.1. The van der Waals surface area contributed by atoms with Gasteiger partial charge in [-0.1, -0.05) is 36.4 Å². The van der Waals surface area contributed by atoms with Crippen LogP contribution in [0.4, 0.5) is 0 Å². The lowest BCUT2D eigenvalue weighted by Crippen LogP contribution is -2.21. The topological polar surface area (TPSA) is 63.2 Å². The van der Waals surface area contributed by atoms with Gasteiger partial charge in [0.05, 0.1) is 6.04 Å². The van der Waals surface area contributed by atoms with Gasteiger partial charge in [-0.2, -0.15) is 0 Å². The minimum absolute atomic E-state index is 0.0352. The van der Waals surface area contributed by atoms with Crippen molar-refractivity contribution in [3.8, 4) is 0 Å². The summed E-state index contributed by atoms with van der Waals surface area (Å²) in [4.78, 5) is 35.8. The number of Topliss-reactive ketones (excluding diaryl/α,β-unsaturated/α-hetero) is 2. The summed E-state index contributed by atoms with van der Waals surface area (Å²) in [6, 6.07) is 13.6. The molecule has 1 N–H and O–H groups in total. The summed E-state index contributed by atoms with van der Waals surface area (Å²) in [5, 5.41) is 2.82. The van der Waals surface area contributed by atoms with E-state index in [0.717, 1.165) is 5.56 Å². The fourth-order valence-electron chi connectivity index (χ4n) is 2.68. The van der Waals surface area contributed by atoms with Crippen LogP contribution in [-0.2, 0) is 0 Å². The van der Waals surface area contributed by atoms with Crippen LogP contribution in [0.1, 0.15) is 56.0 Å². The summed E-state index contributed by atoms with van der Waals surface area (Å²) in [6.45, 7) is 1.48. The number of ketones is 2. The second-order valence-electron chi connectivity index (χ2n) is 5.38. The van der Waals surface area contributed by atoms with Gasteiger partial charge in [-0.3, -0.25) is 14.4 Å². The first-order valence-corrected chi connectivity index (χ1v) is 7.10. The smallest absolute Gasteiger partial charge is 0.252 e. The highest BCUT2D eigenvalue weighted by molar-refractivity contribution is 6.03. The number of carbonyl (C=O) groups is 3. The van der Waals surface area contributed by atoms with Crippen molar-refractivity contribution < 1.29 is 14.4 Å². The molecule has 2 aromatic rings. The minimum Gasteiger partial charge on any atom is -0.345 e. The van der Waals surface area contributed by atoms with Crippen molar-refractivity contribution in [2.45, 2.75) is 19.4 Å². The summed E-state index contributed by atoms with van der Waals surface area (Å²) < 4.78 is 0. The van der Waals surface area contributed by atoms with Gasteiger partial charge in [0.1, 0.15) is 0 Å². The number of carbonyl (C=O) groups excluding carboxylic acids is 3. The number of nitrogens with one attached hydrogen (secondary N) is 1. The SMILES string of the molecule is CC(=O)c1ccc2c(c1)[C@H](CC(=O)c1ccccc1)NC2=O. The van der Waals surface area contributed by atoms with E-state index >= 15 is 0 Å². The van der Waals surface area contributed by atoms with Crippen LogP contribution in [-0.4, -0.2) is 17.5 Å². The van der Waals surface area contributed by atoms with Crippen molar-refractivity contribution in [1.82, 2.24) is 5.32 Å². The Labute approximate surface area is 128 Å². The average molecular weight is 293 g/mol. The van der Waals surface area contributed by atoms with Crippen molar-refractivity contribution in [2.75, 3.05) is 0 Å². The molecule has 110 valence electrons. The monoisotopic (exact) mass is 293 g/mol. The Balaban J connectivity index is 1.89. The van der Waals surface area contributed by atoms with Crippen molar-refractivity contribution >= 4 is 17.5 Å². The number of hydrogen-bond acceptors (Lipinski definition) is 3. The number of hydrogen-bond donors (Lipinski definition) is 1. The standard InChI is InChI=1S/C18H15NO3/c1-11(20)13-7-8-14-15(9-13)16(19-18(14)22)10-17(21)12-5-3-2-4-6-12/h2-9,16H,10H2,1H3,(H,19,22)/t16-/m0/s1. The van der Waals surface area contributed by atoms with Crippen LogP contribution < -0.4 is 5.32 Å². The lowest BCUT2D eigenvalue weighted by atomic mass is 9.95. The molecular weight excluding hydrogens is 278 g/mol. The summed E-state index contributed by atoms with van der Waals surface area (Å²) in [5.41, 5.74) is 2.43. The highest BCUT2D eigenvalue weighted by Gasteiger charge is 2.30. The average Bonchev–Trinajstić information content (AvgIpc) is 2.84. The number of benzene rings is 2. The third-order valence-electron chi connectivity index (χ3n) is 3.87. The molecule has 0 spiro atoms. The van der Waals surface area contributed by atoms with Gasteiger partial charge in [0.15, 0.2) is 11.6 Å². The maximum Gasteiger partial charge on any atom is 0.252 e. The lowest BCUT2D eigenvalue weighted by molar-refractivity contribution is 0.0932. The maximum atomic E-state index is 12.3. The molecule has 0 unspecified atom stereocenters. The highest BCUT2D eigenvalue weighted by atomic mass is 16.2. The molecule has 0 bridgehead atoms. The molecule has 3 rings (SSSR count). The Hall–Kier alpha value is -2.75. The van der Waals surface area contributed by atoms with E-state index in [0.29, 0.717) is 16.7 Å². The number of rotatable bonds is 4. The fourth-order valence-corrected chi connectivity index (χ4v) is 2.68. The predicted molar refractivity (Wildman–Crippen MR) is 82.0 cm³/mol. The maximum absolute atomic E-state index is 12.3. The van der Waals surface area contributed by atoms with Crippen molar-refractivity contribution in [2.24, 2.45) is 0 Å². The van der Waals surface area contributed by atoms with Crippen LogP contribution in [0.5, 0.6) is 0 Å². The summed E-state index contributed by atoms with van der Waals surface area (Å²) in [6.07, 6.45) is 0.185. The molecule has 0 radical (unpaired) electrons. The molecule has 4 nitrogen and oxygen atoms in total. The van der Waals surface area contributed by atoms with E-state index in [1.54, 1.807) is 30.3 Å². The molecule has 0 fully saturated rings. The molecule has 0 aliphatic carbocycles. The molecule has 1 amide bonds. The quantitative estimate of drug-likeness (QED) is 0.881. The molecule has 22 heavy (non-hydrogen) atoms. The zero-order valence-electron chi connectivity index (χ0n) is 12.1. The Bertz CT molecular complexity index is 765. The molecule has 4 heteroatoms. The molecular formula is C18H15NO3. The Morgan fingerprint density at radius 3 is 2.45 bits per heavy atom. The first kappa shape index (κ1) is 14.2. The second kappa shape index (κ2) is 5.56. The Morgan fingerprint density at radius 2 is 1.77 bits per heavy atom. The Kier molecular flexibility index (Phi) is 3.59. The largest absolute Gasteiger partial charge is 0.345 e. The molecule has 0 saturated heterocycles. The van der Waals surface area contributed by atoms with E-state index in [9.17, 15) is 14.4 Å². The van der Waals surface area contributed by atoms with Crippen molar-refractivity contribution in [3.63, 3.8) is 0 Å². The first-order chi connectivity index (χ1) is 10.6. The van der Waals surface area contributed by atoms with Gasteiger partial charge in [-0.15, -0.1) is 0 Å². The van der Waals surface area contributed by atoms with Crippen LogP contribution in [0.2, 0.25) is 0 Å². The molecule has 1 aliphatic rings. The second-order valence-corrected chi connectivity index (χ2v) is 5.38. The highest BCUT2D eigenvalue weighted by Crippen LogP contribution is 2.30. The van der Waals surface area contributed by atoms with E-state index in [-0.39, 0.29) is 29.9 Å². The van der Waals surface area contributed by atoms with E-state index in [1.165, 1.54) is 6.92 Å². The van der Waals surface area contributed by atoms with Gasteiger partial charge in [0.25, 0.3) is 5.91 Å². The van der Waals surface area contributed by atoms with Gasteiger partial charge < -0.3 is 5.32 Å². The third-order valence-corrected chi connectivity index (χ3v) is 3.87. The first-order valence-electron chi connectivity index (χ1n) is 7.10. The molecule has 0 saturated carbocycles. The van der Waals surface area contributed by atoms with Gasteiger partial charge in [0, 0.05) is 23.1 Å². The summed E-state index contributed by atoms with van der Waals surface area (Å²) in [5.74, 6) is -0.293. The van der Waals surface area contributed by atoms with Crippen LogP contribution >= 0.6 is 0 Å². The van der Waals surface area contributed by atoms with Crippen LogP contribution in [0, 0.1) is 0 Å². The van der Waals surface area contributed by atoms with Gasteiger partial charge in [0.2, 0.25) is 0 Å². The zero-order chi connectivity index (χ0) is 15.7. The van der Waals surface area contributed by atoms with Gasteiger partial charge >= 0.3 is 0 Å². The van der Waals surface area contributed by atoms with Crippen LogP contribution in [0.3, 0.4) is 0 Å². The minimum atomic E-state index is -0.380. The molecule has 0 aromatic heterocycles. The summed E-state index contributed by atoms with van der Waals surface area (Å²) >= 11 is 0. The molecule has 1 heterocycles. The number of fused-ring (bicyclic) bond motifs is 1. The van der Waals surface area contributed by atoms with Crippen molar-refractivity contribution in [3.05, 3.63) is 70.8 Å². The number of amides is 1. The van der Waals surface area contributed by atoms with E-state index < -0.39 is 0 Å². The lowest BCUT2D eigenvalue weighted by Gasteiger charge is -2.11. The van der Waals surface area contributed by atoms with Crippen LogP contribution in [0.25, 0.3) is 0 Å². The third kappa shape index (κ3) is 2.55. The molecule has 1 atom stereocenters. The fraction of sp³-hybridized carbons (Fsp3) is 0.167. The van der Waals surface area contributed by atoms with Gasteiger partial charge in [-0.25, -0.2) is 0 Å².